The number of anilines is 1. The minimum atomic E-state index is 0.0842. The third-order valence-corrected chi connectivity index (χ3v) is 5.40. The van der Waals surface area contributed by atoms with Crippen LogP contribution in [0.3, 0.4) is 0 Å². The molecule has 3 aromatic rings. The number of nitrogens with zero attached hydrogens (tertiary/aromatic N) is 5. The molecule has 1 amide bonds. The van der Waals surface area contributed by atoms with Crippen LogP contribution in [-0.4, -0.2) is 57.9 Å². The third-order valence-electron chi connectivity index (χ3n) is 4.60. The first-order chi connectivity index (χ1) is 13.7. The summed E-state index contributed by atoms with van der Waals surface area (Å²) in [7, 11) is 0. The number of carbonyl (C=O) groups excluding carboxylic acids is 1. The van der Waals surface area contributed by atoms with Crippen molar-refractivity contribution in [2.24, 2.45) is 0 Å². The lowest BCUT2D eigenvalue weighted by atomic mass is 10.1. The molecule has 2 aromatic heterocycles. The predicted octanol–water partition coefficient (Wildman–Crippen LogP) is 2.88. The maximum absolute atomic E-state index is 12.5. The fraction of sp³-hybridized carbons (Fsp3) is 0.300. The molecule has 1 saturated heterocycles. The summed E-state index contributed by atoms with van der Waals surface area (Å²) in [5, 5.41) is 8.55. The van der Waals surface area contributed by atoms with E-state index in [1.54, 1.807) is 6.20 Å². The molecule has 0 N–H and O–H groups in total. The number of hydrogen-bond acceptors (Lipinski definition) is 7. The van der Waals surface area contributed by atoms with E-state index in [2.05, 4.69) is 20.1 Å². The highest BCUT2D eigenvalue weighted by Gasteiger charge is 2.22. The van der Waals surface area contributed by atoms with Crippen molar-refractivity contribution in [3.63, 3.8) is 0 Å². The van der Waals surface area contributed by atoms with Crippen molar-refractivity contribution in [3.05, 3.63) is 54.2 Å². The summed E-state index contributed by atoms with van der Waals surface area (Å²) in [6.07, 6.45) is 1.79. The van der Waals surface area contributed by atoms with Crippen LogP contribution in [0.2, 0.25) is 0 Å². The van der Waals surface area contributed by atoms with E-state index >= 15 is 0 Å². The van der Waals surface area contributed by atoms with Gasteiger partial charge in [-0.05, 0) is 31.2 Å². The van der Waals surface area contributed by atoms with E-state index in [4.69, 9.17) is 4.42 Å². The highest BCUT2D eigenvalue weighted by atomic mass is 32.2. The van der Waals surface area contributed by atoms with Crippen LogP contribution in [0, 0.1) is 6.92 Å². The van der Waals surface area contributed by atoms with Crippen molar-refractivity contribution in [3.8, 4) is 11.5 Å². The lowest BCUT2D eigenvalue weighted by molar-refractivity contribution is -0.128. The van der Waals surface area contributed by atoms with Crippen molar-refractivity contribution in [2.75, 3.05) is 36.8 Å². The van der Waals surface area contributed by atoms with Gasteiger partial charge in [-0.25, -0.2) is 4.98 Å². The van der Waals surface area contributed by atoms with Gasteiger partial charge in [0.25, 0.3) is 5.22 Å². The lowest BCUT2D eigenvalue weighted by Gasteiger charge is -2.35. The van der Waals surface area contributed by atoms with E-state index in [1.165, 1.54) is 11.8 Å². The Kier molecular flexibility index (Phi) is 5.57. The molecule has 1 aliphatic rings. The molecular weight excluding hydrogens is 374 g/mol. The quantitative estimate of drug-likeness (QED) is 0.615. The zero-order valence-corrected chi connectivity index (χ0v) is 16.4. The Morgan fingerprint density at radius 2 is 1.96 bits per heavy atom. The first-order valence-corrected chi connectivity index (χ1v) is 10.1. The van der Waals surface area contributed by atoms with Gasteiger partial charge < -0.3 is 14.2 Å². The fourth-order valence-corrected chi connectivity index (χ4v) is 3.77. The Morgan fingerprint density at radius 1 is 1.11 bits per heavy atom. The SMILES string of the molecule is Cc1cccc(-c2nnc(SCC(=O)N3CCN(c4ccccn4)CC3)o2)c1. The molecule has 0 unspecified atom stereocenters. The summed E-state index contributed by atoms with van der Waals surface area (Å²) in [4.78, 5) is 21.0. The highest BCUT2D eigenvalue weighted by Crippen LogP contribution is 2.24. The molecule has 0 atom stereocenters. The Bertz CT molecular complexity index is 939. The topological polar surface area (TPSA) is 75.4 Å². The average molecular weight is 395 g/mol. The molecule has 4 rings (SSSR count). The molecule has 0 saturated carbocycles. The highest BCUT2D eigenvalue weighted by molar-refractivity contribution is 7.99. The molecule has 1 aromatic carbocycles. The number of rotatable bonds is 5. The Balaban J connectivity index is 1.28. The van der Waals surface area contributed by atoms with Crippen molar-refractivity contribution in [1.29, 1.82) is 0 Å². The van der Waals surface area contributed by atoms with Crippen LogP contribution < -0.4 is 4.90 Å². The fourth-order valence-electron chi connectivity index (χ4n) is 3.10. The Morgan fingerprint density at radius 3 is 2.71 bits per heavy atom. The second-order valence-corrected chi connectivity index (χ2v) is 7.51. The van der Waals surface area contributed by atoms with Crippen molar-refractivity contribution in [2.45, 2.75) is 12.1 Å². The van der Waals surface area contributed by atoms with Crippen LogP contribution in [0.1, 0.15) is 5.56 Å². The normalized spacial score (nSPS) is 14.3. The summed E-state index contributed by atoms with van der Waals surface area (Å²) in [5.41, 5.74) is 2.02. The van der Waals surface area contributed by atoms with E-state index in [0.717, 1.165) is 30.0 Å². The van der Waals surface area contributed by atoms with Crippen LogP contribution >= 0.6 is 11.8 Å². The van der Waals surface area contributed by atoms with E-state index < -0.39 is 0 Å². The van der Waals surface area contributed by atoms with Gasteiger partial charge in [0, 0.05) is 37.9 Å². The zero-order chi connectivity index (χ0) is 19.3. The van der Waals surface area contributed by atoms with Crippen LogP contribution in [0.25, 0.3) is 11.5 Å². The van der Waals surface area contributed by atoms with Crippen LogP contribution in [0.4, 0.5) is 5.82 Å². The Hall–Kier alpha value is -2.87. The van der Waals surface area contributed by atoms with Gasteiger partial charge in [0.15, 0.2) is 0 Å². The van der Waals surface area contributed by atoms with Gasteiger partial charge in [-0.3, -0.25) is 4.79 Å². The van der Waals surface area contributed by atoms with Gasteiger partial charge >= 0.3 is 0 Å². The van der Waals surface area contributed by atoms with Crippen molar-refractivity contribution >= 4 is 23.5 Å². The Labute approximate surface area is 167 Å². The van der Waals surface area contributed by atoms with Gasteiger partial charge in [-0.15, -0.1) is 10.2 Å². The molecule has 0 spiro atoms. The molecule has 0 aliphatic carbocycles. The molecule has 3 heterocycles. The van der Waals surface area contributed by atoms with Gasteiger partial charge in [-0.1, -0.05) is 35.5 Å². The predicted molar refractivity (Wildman–Crippen MR) is 108 cm³/mol. The number of amides is 1. The first-order valence-electron chi connectivity index (χ1n) is 9.16. The molecule has 144 valence electrons. The van der Waals surface area contributed by atoms with Gasteiger partial charge in [0.05, 0.1) is 5.75 Å². The van der Waals surface area contributed by atoms with E-state index in [9.17, 15) is 4.79 Å². The maximum atomic E-state index is 12.5. The molecule has 0 radical (unpaired) electrons. The monoisotopic (exact) mass is 395 g/mol. The largest absolute Gasteiger partial charge is 0.411 e. The summed E-state index contributed by atoms with van der Waals surface area (Å²) in [6.45, 7) is 4.96. The summed E-state index contributed by atoms with van der Waals surface area (Å²) < 4.78 is 5.69. The van der Waals surface area contributed by atoms with Gasteiger partial charge in [0.1, 0.15) is 5.82 Å². The van der Waals surface area contributed by atoms with E-state index in [-0.39, 0.29) is 5.91 Å². The summed E-state index contributed by atoms with van der Waals surface area (Å²) in [5.74, 6) is 1.81. The number of aromatic nitrogens is 3. The number of aryl methyl sites for hydroxylation is 1. The van der Waals surface area contributed by atoms with Crippen LogP contribution in [-0.2, 0) is 4.79 Å². The van der Waals surface area contributed by atoms with Crippen LogP contribution in [0.15, 0.2) is 58.3 Å². The molecule has 8 heteroatoms. The molecule has 1 aliphatic heterocycles. The lowest BCUT2D eigenvalue weighted by Crippen LogP contribution is -2.49. The third kappa shape index (κ3) is 4.33. The molecule has 1 fully saturated rings. The van der Waals surface area contributed by atoms with Crippen LogP contribution in [0.5, 0.6) is 0 Å². The molecule has 0 bridgehead atoms. The standard InChI is InChI=1S/C20H21N5O2S/c1-15-5-4-6-16(13-15)19-22-23-20(27-19)28-14-18(26)25-11-9-24(10-12-25)17-7-2-3-8-21-17/h2-8,13H,9-12,14H2,1H3. The van der Waals surface area contributed by atoms with Crippen molar-refractivity contribution in [1.82, 2.24) is 20.1 Å². The molecule has 28 heavy (non-hydrogen) atoms. The number of carbonyl (C=O) groups is 1. The summed E-state index contributed by atoms with van der Waals surface area (Å²) in [6, 6.07) is 13.8. The van der Waals surface area contributed by atoms with Gasteiger partial charge in [-0.2, -0.15) is 0 Å². The second-order valence-electron chi connectivity index (χ2n) is 6.59. The second kappa shape index (κ2) is 8.43. The smallest absolute Gasteiger partial charge is 0.277 e. The number of hydrogen-bond donors (Lipinski definition) is 0. The molecule has 7 nitrogen and oxygen atoms in total. The van der Waals surface area contributed by atoms with Crippen molar-refractivity contribution < 1.29 is 9.21 Å². The van der Waals surface area contributed by atoms with Gasteiger partial charge in [0.2, 0.25) is 11.8 Å². The summed E-state index contributed by atoms with van der Waals surface area (Å²) >= 11 is 1.28. The number of benzene rings is 1. The zero-order valence-electron chi connectivity index (χ0n) is 15.6. The maximum Gasteiger partial charge on any atom is 0.277 e. The number of piperazine rings is 1. The van der Waals surface area contributed by atoms with E-state index in [1.807, 2.05) is 54.3 Å². The minimum Gasteiger partial charge on any atom is -0.411 e. The molecular formula is C20H21N5O2S. The minimum absolute atomic E-state index is 0.0842. The van der Waals surface area contributed by atoms with E-state index in [0.29, 0.717) is 30.0 Å². The number of thioether (sulfide) groups is 1. The average Bonchev–Trinajstić information content (AvgIpc) is 3.22. The number of pyridine rings is 1. The first kappa shape index (κ1) is 18.5.